The summed E-state index contributed by atoms with van der Waals surface area (Å²) in [7, 11) is -3.52. The molecule has 1 aromatic carbocycles. The Morgan fingerprint density at radius 1 is 1.18 bits per heavy atom. The van der Waals surface area contributed by atoms with Crippen molar-refractivity contribution >= 4 is 38.1 Å². The number of halogens is 1. The molecule has 0 aliphatic carbocycles. The molecule has 1 aliphatic heterocycles. The summed E-state index contributed by atoms with van der Waals surface area (Å²) in [6.07, 6.45) is 1.44. The Hall–Kier alpha value is -2.01. The highest BCUT2D eigenvalue weighted by Crippen LogP contribution is 2.20. The summed E-state index contributed by atoms with van der Waals surface area (Å²) in [5.41, 5.74) is 2.45. The molecule has 1 aromatic heterocycles. The molecule has 150 valence electrons. The van der Waals surface area contributed by atoms with E-state index in [2.05, 4.69) is 26.5 Å². The fourth-order valence-corrected chi connectivity index (χ4v) is 4.50. The van der Waals surface area contributed by atoms with Crippen LogP contribution in [0.2, 0.25) is 0 Å². The molecule has 0 radical (unpaired) electrons. The van der Waals surface area contributed by atoms with Gasteiger partial charge in [0.25, 0.3) is 5.91 Å². The first-order valence-corrected chi connectivity index (χ1v) is 10.9. The van der Waals surface area contributed by atoms with E-state index >= 15 is 0 Å². The van der Waals surface area contributed by atoms with Crippen LogP contribution in [0.25, 0.3) is 0 Å². The first-order valence-electron chi connectivity index (χ1n) is 8.71. The largest absolute Gasteiger partial charge is 0.460 e. The molecular formula is C18H21BrN4O4S. The molecule has 0 spiro atoms. The van der Waals surface area contributed by atoms with Gasteiger partial charge in [0.15, 0.2) is 0 Å². The zero-order chi connectivity index (χ0) is 20.1. The first-order chi connectivity index (χ1) is 13.3. The normalized spacial score (nSPS) is 16.5. The molecule has 0 atom stereocenters. The standard InChI is InChI=1S/C18H21BrN4O4S/c1-14-2-5-16(27-14)12-20-21-18(24)13-22-8-10-23(11-9-22)28(25,26)17-6-3-15(19)4-7-17/h2-7,12H,8-11,13H2,1H3,(H,21,24). The highest BCUT2D eigenvalue weighted by Gasteiger charge is 2.28. The van der Waals surface area contributed by atoms with Crippen molar-refractivity contribution in [2.24, 2.45) is 5.10 Å². The number of nitrogens with one attached hydrogen (secondary N) is 1. The van der Waals surface area contributed by atoms with Gasteiger partial charge in [0.1, 0.15) is 11.5 Å². The van der Waals surface area contributed by atoms with E-state index in [-0.39, 0.29) is 17.3 Å². The Morgan fingerprint density at radius 2 is 1.86 bits per heavy atom. The van der Waals surface area contributed by atoms with E-state index < -0.39 is 10.0 Å². The van der Waals surface area contributed by atoms with Crippen LogP contribution in [0, 0.1) is 6.92 Å². The van der Waals surface area contributed by atoms with Gasteiger partial charge in [0, 0.05) is 30.7 Å². The van der Waals surface area contributed by atoms with Gasteiger partial charge in [-0.05, 0) is 43.3 Å². The second-order valence-corrected chi connectivity index (χ2v) is 9.23. The van der Waals surface area contributed by atoms with Crippen molar-refractivity contribution in [3.05, 3.63) is 52.4 Å². The van der Waals surface area contributed by atoms with Crippen LogP contribution in [0.15, 0.2) is 55.3 Å². The number of amides is 1. The first kappa shape index (κ1) is 20.7. The minimum absolute atomic E-state index is 0.153. The average molecular weight is 469 g/mol. The monoisotopic (exact) mass is 468 g/mol. The maximum Gasteiger partial charge on any atom is 0.254 e. The van der Waals surface area contributed by atoms with Crippen molar-refractivity contribution in [1.82, 2.24) is 14.6 Å². The highest BCUT2D eigenvalue weighted by molar-refractivity contribution is 9.10. The number of piperazine rings is 1. The molecule has 1 amide bonds. The Bertz CT molecular complexity index is 948. The van der Waals surface area contributed by atoms with E-state index in [4.69, 9.17) is 4.42 Å². The Balaban J connectivity index is 1.47. The molecule has 0 unspecified atom stereocenters. The van der Waals surface area contributed by atoms with Crippen molar-refractivity contribution in [1.29, 1.82) is 0 Å². The van der Waals surface area contributed by atoms with E-state index in [9.17, 15) is 13.2 Å². The van der Waals surface area contributed by atoms with Gasteiger partial charge in [-0.25, -0.2) is 13.8 Å². The quantitative estimate of drug-likeness (QED) is 0.515. The topological polar surface area (TPSA) is 95.2 Å². The van der Waals surface area contributed by atoms with E-state index in [1.807, 2.05) is 17.9 Å². The number of nitrogens with zero attached hydrogens (tertiary/aromatic N) is 3. The van der Waals surface area contributed by atoms with Gasteiger partial charge in [0.05, 0.1) is 17.7 Å². The molecule has 1 fully saturated rings. The number of sulfonamides is 1. The maximum atomic E-state index is 12.7. The average Bonchev–Trinajstić information content (AvgIpc) is 3.08. The van der Waals surface area contributed by atoms with Crippen molar-refractivity contribution in [2.75, 3.05) is 32.7 Å². The number of benzene rings is 1. The van der Waals surface area contributed by atoms with Crippen LogP contribution in [-0.2, 0) is 14.8 Å². The van der Waals surface area contributed by atoms with Gasteiger partial charge in [-0.3, -0.25) is 9.69 Å². The third-order valence-corrected chi connectivity index (χ3v) is 6.73. The van der Waals surface area contributed by atoms with Gasteiger partial charge in [-0.2, -0.15) is 9.41 Å². The smallest absolute Gasteiger partial charge is 0.254 e. The lowest BCUT2D eigenvalue weighted by molar-refractivity contribution is -0.122. The third-order valence-electron chi connectivity index (χ3n) is 4.29. The summed E-state index contributed by atoms with van der Waals surface area (Å²) in [5, 5.41) is 3.87. The Kier molecular flexibility index (Phi) is 6.65. The number of hydrazone groups is 1. The minimum atomic E-state index is -3.52. The summed E-state index contributed by atoms with van der Waals surface area (Å²) in [6.45, 7) is 3.60. The zero-order valence-electron chi connectivity index (χ0n) is 15.3. The molecule has 10 heteroatoms. The van der Waals surface area contributed by atoms with Crippen molar-refractivity contribution in [3.63, 3.8) is 0 Å². The van der Waals surface area contributed by atoms with Crippen LogP contribution in [0.4, 0.5) is 0 Å². The molecule has 2 heterocycles. The van der Waals surface area contributed by atoms with Crippen LogP contribution < -0.4 is 5.43 Å². The molecule has 3 rings (SSSR count). The van der Waals surface area contributed by atoms with Crippen LogP contribution in [0.1, 0.15) is 11.5 Å². The molecule has 8 nitrogen and oxygen atoms in total. The van der Waals surface area contributed by atoms with Crippen LogP contribution in [0.5, 0.6) is 0 Å². The van der Waals surface area contributed by atoms with Gasteiger partial charge < -0.3 is 4.42 Å². The van der Waals surface area contributed by atoms with Gasteiger partial charge in [-0.1, -0.05) is 15.9 Å². The number of carbonyl (C=O) groups is 1. The summed E-state index contributed by atoms with van der Waals surface area (Å²) in [6, 6.07) is 10.1. The molecule has 1 saturated heterocycles. The Morgan fingerprint density at radius 3 is 2.46 bits per heavy atom. The van der Waals surface area contributed by atoms with E-state index in [0.717, 1.165) is 10.2 Å². The third kappa shape index (κ3) is 5.28. The van der Waals surface area contributed by atoms with E-state index in [1.54, 1.807) is 30.3 Å². The lowest BCUT2D eigenvalue weighted by Crippen LogP contribution is -2.50. The second kappa shape index (κ2) is 8.99. The van der Waals surface area contributed by atoms with Gasteiger partial charge >= 0.3 is 0 Å². The summed E-state index contributed by atoms with van der Waals surface area (Å²) < 4.78 is 33.0. The predicted octanol–water partition coefficient (Wildman–Crippen LogP) is 1.81. The molecular weight excluding hydrogens is 448 g/mol. The number of aryl methyl sites for hydroxylation is 1. The number of hydrogen-bond acceptors (Lipinski definition) is 6. The molecule has 1 N–H and O–H groups in total. The lowest BCUT2D eigenvalue weighted by atomic mass is 10.3. The zero-order valence-corrected chi connectivity index (χ0v) is 17.7. The van der Waals surface area contributed by atoms with Crippen LogP contribution in [-0.4, -0.2) is 62.5 Å². The van der Waals surface area contributed by atoms with Gasteiger partial charge in [0.2, 0.25) is 10.0 Å². The number of hydrogen-bond donors (Lipinski definition) is 1. The predicted molar refractivity (Wildman–Crippen MR) is 109 cm³/mol. The highest BCUT2D eigenvalue weighted by atomic mass is 79.9. The second-order valence-electron chi connectivity index (χ2n) is 6.38. The van der Waals surface area contributed by atoms with Crippen molar-refractivity contribution < 1.29 is 17.6 Å². The van der Waals surface area contributed by atoms with Crippen LogP contribution in [0.3, 0.4) is 0 Å². The summed E-state index contributed by atoms with van der Waals surface area (Å²) in [5.74, 6) is 1.07. The molecule has 0 saturated carbocycles. The fraction of sp³-hybridized carbons (Fsp3) is 0.333. The molecule has 1 aliphatic rings. The number of furan rings is 1. The molecule has 0 bridgehead atoms. The number of carbonyl (C=O) groups excluding carboxylic acids is 1. The van der Waals surface area contributed by atoms with Gasteiger partial charge in [-0.15, -0.1) is 0 Å². The summed E-state index contributed by atoms with van der Waals surface area (Å²) >= 11 is 3.30. The lowest BCUT2D eigenvalue weighted by Gasteiger charge is -2.33. The SMILES string of the molecule is Cc1ccc(C=NNC(=O)CN2CCN(S(=O)(=O)c3ccc(Br)cc3)CC2)o1. The van der Waals surface area contributed by atoms with Crippen LogP contribution >= 0.6 is 15.9 Å². The molecule has 2 aromatic rings. The number of rotatable bonds is 6. The van der Waals surface area contributed by atoms with E-state index in [1.165, 1.54) is 10.5 Å². The van der Waals surface area contributed by atoms with Crippen molar-refractivity contribution in [3.8, 4) is 0 Å². The summed E-state index contributed by atoms with van der Waals surface area (Å²) in [4.78, 5) is 14.2. The van der Waals surface area contributed by atoms with Crippen molar-refractivity contribution in [2.45, 2.75) is 11.8 Å². The van der Waals surface area contributed by atoms with E-state index in [0.29, 0.717) is 31.9 Å². The molecule has 28 heavy (non-hydrogen) atoms. The fourth-order valence-electron chi connectivity index (χ4n) is 2.81. The minimum Gasteiger partial charge on any atom is -0.460 e. The maximum absolute atomic E-state index is 12.7. The Labute approximate surface area is 172 Å².